The Morgan fingerprint density at radius 2 is 2.00 bits per heavy atom. The normalized spacial score (nSPS) is 30.1. The number of likely N-dealkylation sites (tertiary alicyclic amines) is 1. The van der Waals surface area contributed by atoms with Crippen molar-refractivity contribution in [1.29, 1.82) is 0 Å². The fraction of sp³-hybridized carbons (Fsp3) is 0.923. The minimum Gasteiger partial charge on any atom is -0.340 e. The van der Waals surface area contributed by atoms with E-state index in [0.717, 1.165) is 32.5 Å². The summed E-state index contributed by atoms with van der Waals surface area (Å²) in [6, 6.07) is 0.452. The van der Waals surface area contributed by atoms with Gasteiger partial charge in [0, 0.05) is 18.0 Å². The Bertz CT molecular complexity index is 259. The van der Waals surface area contributed by atoms with Gasteiger partial charge < -0.3 is 10.2 Å². The first kappa shape index (κ1) is 11.9. The van der Waals surface area contributed by atoms with Crippen LogP contribution in [0.3, 0.4) is 0 Å². The SMILES string of the molecule is CC1CCCCN1C(=O)C1(C)CCNCC1. The first-order chi connectivity index (χ1) is 7.63. The summed E-state index contributed by atoms with van der Waals surface area (Å²) in [6.45, 7) is 7.30. The first-order valence-corrected chi connectivity index (χ1v) is 6.65. The highest BCUT2D eigenvalue weighted by Gasteiger charge is 2.39. The largest absolute Gasteiger partial charge is 0.340 e. The van der Waals surface area contributed by atoms with Crippen molar-refractivity contribution in [2.24, 2.45) is 5.41 Å². The molecule has 0 aromatic carbocycles. The Balaban J connectivity index is 2.04. The Hall–Kier alpha value is -0.570. The van der Waals surface area contributed by atoms with E-state index in [2.05, 4.69) is 24.1 Å². The third-order valence-electron chi connectivity index (χ3n) is 4.29. The maximum absolute atomic E-state index is 12.6. The fourth-order valence-corrected chi connectivity index (χ4v) is 2.94. The number of hydrogen-bond acceptors (Lipinski definition) is 2. The van der Waals surface area contributed by atoms with E-state index in [1.54, 1.807) is 0 Å². The lowest BCUT2D eigenvalue weighted by molar-refractivity contribution is -0.146. The van der Waals surface area contributed by atoms with Crippen LogP contribution in [-0.4, -0.2) is 36.5 Å². The maximum Gasteiger partial charge on any atom is 0.228 e. The van der Waals surface area contributed by atoms with Gasteiger partial charge in [0.2, 0.25) is 5.91 Å². The van der Waals surface area contributed by atoms with Crippen LogP contribution in [0.2, 0.25) is 0 Å². The Morgan fingerprint density at radius 1 is 1.31 bits per heavy atom. The van der Waals surface area contributed by atoms with Gasteiger partial charge in [-0.15, -0.1) is 0 Å². The van der Waals surface area contributed by atoms with E-state index in [-0.39, 0.29) is 5.41 Å². The van der Waals surface area contributed by atoms with Crippen molar-refractivity contribution in [3.63, 3.8) is 0 Å². The lowest BCUT2D eigenvalue weighted by Crippen LogP contribution is -2.52. The van der Waals surface area contributed by atoms with Crippen molar-refractivity contribution in [1.82, 2.24) is 10.2 Å². The van der Waals surface area contributed by atoms with Crippen LogP contribution in [0.1, 0.15) is 46.0 Å². The Kier molecular flexibility index (Phi) is 3.53. The van der Waals surface area contributed by atoms with Gasteiger partial charge in [-0.05, 0) is 52.1 Å². The zero-order valence-electron chi connectivity index (χ0n) is 10.6. The number of rotatable bonds is 1. The molecule has 0 aromatic rings. The average molecular weight is 224 g/mol. The number of piperidine rings is 2. The van der Waals surface area contributed by atoms with Crippen molar-refractivity contribution in [3.8, 4) is 0 Å². The van der Waals surface area contributed by atoms with E-state index >= 15 is 0 Å². The molecule has 0 aromatic heterocycles. The lowest BCUT2D eigenvalue weighted by atomic mass is 9.79. The van der Waals surface area contributed by atoms with Crippen LogP contribution in [-0.2, 0) is 4.79 Å². The van der Waals surface area contributed by atoms with Crippen molar-refractivity contribution in [2.45, 2.75) is 52.0 Å². The van der Waals surface area contributed by atoms with E-state index < -0.39 is 0 Å². The highest BCUT2D eigenvalue weighted by Crippen LogP contribution is 2.32. The predicted octanol–water partition coefficient (Wildman–Crippen LogP) is 1.78. The molecule has 2 fully saturated rings. The molecule has 2 saturated heterocycles. The fourth-order valence-electron chi connectivity index (χ4n) is 2.94. The number of hydrogen-bond donors (Lipinski definition) is 1. The van der Waals surface area contributed by atoms with E-state index in [0.29, 0.717) is 11.9 Å². The van der Waals surface area contributed by atoms with Crippen LogP contribution >= 0.6 is 0 Å². The second-order valence-corrected chi connectivity index (χ2v) is 5.65. The molecule has 1 atom stereocenters. The molecule has 1 unspecified atom stereocenters. The molecule has 2 rings (SSSR count). The molecule has 16 heavy (non-hydrogen) atoms. The minimum atomic E-state index is -0.100. The molecule has 3 nitrogen and oxygen atoms in total. The van der Waals surface area contributed by atoms with Gasteiger partial charge in [0.15, 0.2) is 0 Å². The van der Waals surface area contributed by atoms with Gasteiger partial charge in [-0.2, -0.15) is 0 Å². The molecule has 3 heteroatoms. The van der Waals surface area contributed by atoms with Crippen molar-refractivity contribution < 1.29 is 4.79 Å². The highest BCUT2D eigenvalue weighted by molar-refractivity contribution is 5.82. The zero-order valence-corrected chi connectivity index (χ0v) is 10.6. The topological polar surface area (TPSA) is 32.3 Å². The molecule has 0 spiro atoms. The monoisotopic (exact) mass is 224 g/mol. The van der Waals surface area contributed by atoms with Gasteiger partial charge in [0.1, 0.15) is 0 Å². The number of carbonyl (C=O) groups excluding carboxylic acids is 1. The summed E-state index contributed by atoms with van der Waals surface area (Å²) in [6.07, 6.45) is 5.64. The van der Waals surface area contributed by atoms with Gasteiger partial charge in [-0.3, -0.25) is 4.79 Å². The average Bonchev–Trinajstić information content (AvgIpc) is 2.30. The van der Waals surface area contributed by atoms with Gasteiger partial charge >= 0.3 is 0 Å². The Morgan fingerprint density at radius 3 is 2.62 bits per heavy atom. The predicted molar refractivity (Wildman–Crippen MR) is 65.2 cm³/mol. The third-order valence-corrected chi connectivity index (χ3v) is 4.29. The van der Waals surface area contributed by atoms with E-state index in [1.165, 1.54) is 19.3 Å². The second-order valence-electron chi connectivity index (χ2n) is 5.65. The minimum absolute atomic E-state index is 0.100. The molecule has 1 amide bonds. The summed E-state index contributed by atoms with van der Waals surface area (Å²) in [7, 11) is 0. The standard InChI is InChI=1S/C13H24N2O/c1-11-5-3-4-10-15(11)12(16)13(2)6-8-14-9-7-13/h11,14H,3-10H2,1-2H3. The Labute approximate surface area is 98.6 Å². The number of nitrogens with zero attached hydrogens (tertiary/aromatic N) is 1. The zero-order chi connectivity index (χ0) is 11.6. The molecule has 0 saturated carbocycles. The van der Waals surface area contributed by atoms with Gasteiger partial charge in [-0.25, -0.2) is 0 Å². The van der Waals surface area contributed by atoms with Crippen LogP contribution < -0.4 is 5.32 Å². The van der Waals surface area contributed by atoms with Crippen LogP contribution in [0.5, 0.6) is 0 Å². The summed E-state index contributed by atoms with van der Waals surface area (Å²) >= 11 is 0. The summed E-state index contributed by atoms with van der Waals surface area (Å²) in [5, 5.41) is 3.34. The smallest absolute Gasteiger partial charge is 0.228 e. The van der Waals surface area contributed by atoms with Gasteiger partial charge in [0.05, 0.1) is 0 Å². The third kappa shape index (κ3) is 2.24. The van der Waals surface area contributed by atoms with E-state index in [4.69, 9.17) is 0 Å². The summed E-state index contributed by atoms with van der Waals surface area (Å²) in [5.74, 6) is 0.404. The molecule has 92 valence electrons. The molecule has 1 N–H and O–H groups in total. The second kappa shape index (κ2) is 4.74. The van der Waals surface area contributed by atoms with Crippen molar-refractivity contribution >= 4 is 5.91 Å². The number of amides is 1. The lowest BCUT2D eigenvalue weighted by Gasteiger charge is -2.42. The van der Waals surface area contributed by atoms with Crippen LogP contribution in [0.4, 0.5) is 0 Å². The van der Waals surface area contributed by atoms with E-state index in [9.17, 15) is 4.79 Å². The van der Waals surface area contributed by atoms with Crippen LogP contribution in [0.25, 0.3) is 0 Å². The highest BCUT2D eigenvalue weighted by atomic mass is 16.2. The number of nitrogens with one attached hydrogen (secondary N) is 1. The van der Waals surface area contributed by atoms with Crippen molar-refractivity contribution in [2.75, 3.05) is 19.6 Å². The molecule has 2 aliphatic heterocycles. The first-order valence-electron chi connectivity index (χ1n) is 6.65. The van der Waals surface area contributed by atoms with Crippen LogP contribution in [0.15, 0.2) is 0 Å². The number of carbonyl (C=O) groups is 1. The molecule has 0 bridgehead atoms. The molecular formula is C13H24N2O. The summed E-state index contributed by atoms with van der Waals surface area (Å²) < 4.78 is 0. The van der Waals surface area contributed by atoms with Crippen molar-refractivity contribution in [3.05, 3.63) is 0 Å². The van der Waals surface area contributed by atoms with Gasteiger partial charge in [-0.1, -0.05) is 6.92 Å². The van der Waals surface area contributed by atoms with Gasteiger partial charge in [0.25, 0.3) is 0 Å². The molecular weight excluding hydrogens is 200 g/mol. The van der Waals surface area contributed by atoms with E-state index in [1.807, 2.05) is 0 Å². The molecule has 2 heterocycles. The summed E-state index contributed by atoms with van der Waals surface area (Å²) in [4.78, 5) is 14.7. The summed E-state index contributed by atoms with van der Waals surface area (Å²) in [5.41, 5.74) is -0.100. The molecule has 0 aliphatic carbocycles. The maximum atomic E-state index is 12.6. The van der Waals surface area contributed by atoms with Crippen LogP contribution in [0, 0.1) is 5.41 Å². The molecule has 2 aliphatic rings. The quantitative estimate of drug-likeness (QED) is 0.736. The molecule has 0 radical (unpaired) electrons.